The Morgan fingerprint density at radius 3 is 2.72 bits per heavy atom. The maximum atomic E-state index is 13.2. The third kappa shape index (κ3) is 5.52. The van der Waals surface area contributed by atoms with Gasteiger partial charge >= 0.3 is 0 Å². The number of carbonyl (C=O) groups is 1. The van der Waals surface area contributed by atoms with Gasteiger partial charge in [-0.25, -0.2) is 14.1 Å². The molecule has 4 rings (SSSR count). The molecular formula is C23H20ClFN4O2S. The second-order valence-electron chi connectivity index (χ2n) is 7.39. The summed E-state index contributed by atoms with van der Waals surface area (Å²) in [7, 11) is 0. The van der Waals surface area contributed by atoms with Gasteiger partial charge in [-0.15, -0.1) is 16.4 Å². The normalized spacial score (nSPS) is 10.9. The summed E-state index contributed by atoms with van der Waals surface area (Å²) in [5, 5.41) is 9.11. The van der Waals surface area contributed by atoms with E-state index in [9.17, 15) is 9.18 Å². The number of carbonyl (C=O) groups excluding carboxylic acids is 1. The van der Waals surface area contributed by atoms with Crippen LogP contribution in [0.4, 0.5) is 10.3 Å². The average Bonchev–Trinajstić information content (AvgIpc) is 3.37. The molecule has 0 bridgehead atoms. The van der Waals surface area contributed by atoms with Gasteiger partial charge in [0, 0.05) is 10.6 Å². The van der Waals surface area contributed by atoms with Crippen LogP contribution in [0.25, 0.3) is 0 Å². The largest absolute Gasteiger partial charge is 0.489 e. The van der Waals surface area contributed by atoms with Gasteiger partial charge in [0.15, 0.2) is 0 Å². The van der Waals surface area contributed by atoms with Crippen LogP contribution in [-0.2, 0) is 13.2 Å². The minimum absolute atomic E-state index is 0.176. The van der Waals surface area contributed by atoms with E-state index < -0.39 is 5.82 Å². The molecule has 0 aliphatic heterocycles. The molecule has 0 aliphatic rings. The summed E-state index contributed by atoms with van der Waals surface area (Å²) in [6.45, 7) is 4.73. The Bertz CT molecular complexity index is 1250. The fraction of sp³-hybridized carbons (Fsp3) is 0.174. The molecule has 6 nitrogen and oxygen atoms in total. The minimum atomic E-state index is -0.403. The van der Waals surface area contributed by atoms with Crippen LogP contribution in [0.3, 0.4) is 0 Å². The zero-order valence-corrected chi connectivity index (χ0v) is 19.0. The third-order valence-corrected chi connectivity index (χ3v) is 5.92. The number of ether oxygens (including phenoxy) is 1. The van der Waals surface area contributed by atoms with Crippen molar-refractivity contribution in [2.75, 3.05) is 5.32 Å². The van der Waals surface area contributed by atoms with Gasteiger partial charge in [0.05, 0.1) is 11.4 Å². The highest BCUT2D eigenvalue weighted by Gasteiger charge is 2.13. The third-order valence-electron chi connectivity index (χ3n) is 4.59. The number of rotatable bonds is 7. The molecule has 2 aromatic carbocycles. The number of hydrogen-bond acceptors (Lipinski definition) is 5. The maximum Gasteiger partial charge on any atom is 0.268 e. The Balaban J connectivity index is 1.35. The highest BCUT2D eigenvalue weighted by Crippen LogP contribution is 2.21. The van der Waals surface area contributed by atoms with Crippen molar-refractivity contribution in [2.24, 2.45) is 0 Å². The smallest absolute Gasteiger partial charge is 0.268 e. The summed E-state index contributed by atoms with van der Waals surface area (Å²) in [5.74, 6) is 0.274. The van der Waals surface area contributed by atoms with Crippen LogP contribution in [-0.4, -0.2) is 20.7 Å². The number of nitrogens with zero attached hydrogens (tertiary/aromatic N) is 3. The number of halogens is 2. The van der Waals surface area contributed by atoms with E-state index in [1.807, 2.05) is 31.4 Å². The van der Waals surface area contributed by atoms with E-state index in [0.717, 1.165) is 22.4 Å². The number of nitrogens with one attached hydrogen (secondary N) is 1. The van der Waals surface area contributed by atoms with E-state index in [1.165, 1.54) is 34.5 Å². The topological polar surface area (TPSA) is 69.0 Å². The fourth-order valence-electron chi connectivity index (χ4n) is 3.17. The van der Waals surface area contributed by atoms with Crippen LogP contribution < -0.4 is 10.1 Å². The fourth-order valence-corrected chi connectivity index (χ4v) is 4.19. The van der Waals surface area contributed by atoms with E-state index in [1.54, 1.807) is 12.1 Å². The minimum Gasteiger partial charge on any atom is -0.489 e. The SMILES string of the molecule is Cc1cc(C)cc(OCc2csc(C(=O)Nc3ncn(Cc4ccc(F)cc4Cl)n3)c2)c1. The highest BCUT2D eigenvalue weighted by atomic mass is 35.5. The van der Waals surface area contributed by atoms with Gasteiger partial charge in [-0.3, -0.25) is 10.1 Å². The van der Waals surface area contributed by atoms with Crippen molar-refractivity contribution >= 4 is 34.8 Å². The van der Waals surface area contributed by atoms with Crippen molar-refractivity contribution in [1.29, 1.82) is 0 Å². The zero-order chi connectivity index (χ0) is 22.7. The predicted octanol–water partition coefficient (Wildman–Crippen LogP) is 5.63. The van der Waals surface area contributed by atoms with Gasteiger partial charge in [-0.05, 0) is 66.2 Å². The maximum absolute atomic E-state index is 13.2. The number of thiophene rings is 1. The molecule has 9 heteroatoms. The zero-order valence-electron chi connectivity index (χ0n) is 17.4. The van der Waals surface area contributed by atoms with E-state index in [4.69, 9.17) is 16.3 Å². The first-order valence-electron chi connectivity index (χ1n) is 9.79. The number of amides is 1. The molecule has 2 aromatic heterocycles. The molecule has 0 atom stereocenters. The van der Waals surface area contributed by atoms with Crippen molar-refractivity contribution in [1.82, 2.24) is 14.8 Å². The Kier molecular flexibility index (Phi) is 6.53. The van der Waals surface area contributed by atoms with E-state index in [0.29, 0.717) is 28.6 Å². The quantitative estimate of drug-likeness (QED) is 0.380. The molecule has 0 radical (unpaired) electrons. The lowest BCUT2D eigenvalue weighted by atomic mass is 10.1. The molecule has 0 saturated carbocycles. The lowest BCUT2D eigenvalue weighted by Gasteiger charge is -2.07. The van der Waals surface area contributed by atoms with Crippen LogP contribution in [0.15, 0.2) is 54.2 Å². The Hall–Kier alpha value is -3.23. The number of aryl methyl sites for hydroxylation is 2. The molecule has 2 heterocycles. The van der Waals surface area contributed by atoms with Gasteiger partial charge < -0.3 is 4.74 Å². The van der Waals surface area contributed by atoms with Crippen LogP contribution in [0, 0.1) is 19.7 Å². The van der Waals surface area contributed by atoms with Crippen LogP contribution in [0.5, 0.6) is 5.75 Å². The number of aromatic nitrogens is 3. The lowest BCUT2D eigenvalue weighted by molar-refractivity contribution is 0.102. The molecule has 0 fully saturated rings. The molecule has 32 heavy (non-hydrogen) atoms. The molecule has 0 unspecified atom stereocenters. The lowest BCUT2D eigenvalue weighted by Crippen LogP contribution is -2.12. The van der Waals surface area contributed by atoms with Crippen molar-refractivity contribution < 1.29 is 13.9 Å². The number of anilines is 1. The second-order valence-corrected chi connectivity index (χ2v) is 8.71. The predicted molar refractivity (Wildman–Crippen MR) is 123 cm³/mol. The van der Waals surface area contributed by atoms with Crippen molar-refractivity contribution in [3.63, 3.8) is 0 Å². The Morgan fingerprint density at radius 1 is 1.19 bits per heavy atom. The van der Waals surface area contributed by atoms with E-state index in [2.05, 4.69) is 21.5 Å². The van der Waals surface area contributed by atoms with Gasteiger partial charge in [-0.1, -0.05) is 23.7 Å². The second kappa shape index (κ2) is 9.50. The van der Waals surface area contributed by atoms with Gasteiger partial charge in [0.1, 0.15) is 24.5 Å². The molecular weight excluding hydrogens is 451 g/mol. The summed E-state index contributed by atoms with van der Waals surface area (Å²) in [6.07, 6.45) is 1.48. The Morgan fingerprint density at radius 2 is 1.97 bits per heavy atom. The molecule has 0 aliphatic carbocycles. The number of hydrogen-bond donors (Lipinski definition) is 1. The molecule has 164 valence electrons. The van der Waals surface area contributed by atoms with Crippen molar-refractivity contribution in [3.8, 4) is 5.75 Å². The first-order chi connectivity index (χ1) is 15.4. The molecule has 1 N–H and O–H groups in total. The average molecular weight is 471 g/mol. The summed E-state index contributed by atoms with van der Waals surface area (Å²) in [6, 6.07) is 12.0. The molecule has 0 saturated heterocycles. The van der Waals surface area contributed by atoms with Crippen LogP contribution in [0.1, 0.15) is 31.9 Å². The monoisotopic (exact) mass is 470 g/mol. The van der Waals surface area contributed by atoms with Crippen LogP contribution in [0.2, 0.25) is 5.02 Å². The summed E-state index contributed by atoms with van der Waals surface area (Å²) in [5.41, 5.74) is 3.88. The van der Waals surface area contributed by atoms with E-state index >= 15 is 0 Å². The summed E-state index contributed by atoms with van der Waals surface area (Å²) < 4.78 is 20.6. The van der Waals surface area contributed by atoms with Gasteiger partial charge in [-0.2, -0.15) is 0 Å². The Labute approximate surface area is 193 Å². The highest BCUT2D eigenvalue weighted by molar-refractivity contribution is 7.12. The molecule has 1 amide bonds. The van der Waals surface area contributed by atoms with E-state index in [-0.39, 0.29) is 11.9 Å². The summed E-state index contributed by atoms with van der Waals surface area (Å²) in [4.78, 5) is 17.2. The van der Waals surface area contributed by atoms with Crippen molar-refractivity contribution in [2.45, 2.75) is 27.0 Å². The van der Waals surface area contributed by atoms with Gasteiger partial charge in [0.2, 0.25) is 5.95 Å². The first kappa shape index (κ1) is 22.0. The standard InChI is InChI=1S/C23H20ClFN4O2S/c1-14-5-15(2)7-19(6-14)31-11-16-8-21(32-12-16)22(30)27-23-26-13-29(28-23)10-17-3-4-18(25)9-20(17)24/h3-9,12-13H,10-11H2,1-2H3,(H,27,28,30). The molecule has 4 aromatic rings. The van der Waals surface area contributed by atoms with Gasteiger partial charge in [0.25, 0.3) is 5.91 Å². The number of benzene rings is 2. The summed E-state index contributed by atoms with van der Waals surface area (Å²) >= 11 is 7.38. The first-order valence-corrected chi connectivity index (χ1v) is 11.0. The van der Waals surface area contributed by atoms with Crippen molar-refractivity contribution in [3.05, 3.63) is 92.1 Å². The van der Waals surface area contributed by atoms with Crippen LogP contribution >= 0.6 is 22.9 Å². The molecule has 0 spiro atoms.